The number of likely N-dealkylation sites (tertiary alicyclic amines) is 2. The Morgan fingerprint density at radius 3 is 2.30 bits per heavy atom. The van der Waals surface area contributed by atoms with Gasteiger partial charge in [0.15, 0.2) is 0 Å². The van der Waals surface area contributed by atoms with E-state index in [2.05, 4.69) is 75.2 Å². The molecule has 4 aromatic rings. The topological polar surface area (TPSA) is 234 Å². The quantitative estimate of drug-likeness (QED) is 0.0559. The number of benzene rings is 2. The number of carbonyl (C=O) groups is 4. The molecule has 3 fully saturated rings. The van der Waals surface area contributed by atoms with Crippen molar-refractivity contribution in [1.82, 2.24) is 41.0 Å². The van der Waals surface area contributed by atoms with Crippen LogP contribution in [0.1, 0.15) is 101 Å². The Kier molecular flexibility index (Phi) is 17.5. The summed E-state index contributed by atoms with van der Waals surface area (Å²) in [5, 5.41) is 46.5. The normalized spacial score (nSPS) is 21.5. The SMILES string of the molecule is Cc1ncsc1-c1ccc([C@H](CO)NC(=O)[C@@H]2C[C@@H](O)CN2C(=O)[C@@H](NC(=O)CN2CCC(CNCCNc3ccc(C(=O)N[C@H]4C(C)(C)[C@H](Oc5ccc(C#N)c(Cl)c5)C4(C)C)cn3)CC2)C(C)(C)C)cc1. The maximum Gasteiger partial charge on any atom is 0.253 e. The number of thiazole rings is 1. The summed E-state index contributed by atoms with van der Waals surface area (Å²) in [6.45, 7) is 19.1. The average Bonchev–Trinajstić information content (AvgIpc) is 3.98. The van der Waals surface area contributed by atoms with Crippen LogP contribution < -0.4 is 31.3 Å². The zero-order chi connectivity index (χ0) is 52.8. The molecule has 3 aliphatic rings. The molecule has 0 unspecified atom stereocenters. The van der Waals surface area contributed by atoms with Crippen LogP contribution in [-0.4, -0.2) is 136 Å². The van der Waals surface area contributed by atoms with E-state index < -0.39 is 52.3 Å². The third kappa shape index (κ3) is 13.0. The highest BCUT2D eigenvalue weighted by Crippen LogP contribution is 2.55. The van der Waals surface area contributed by atoms with Crippen LogP contribution in [0.3, 0.4) is 0 Å². The fraction of sp³-hybridized carbons (Fsp3) is 0.537. The van der Waals surface area contributed by atoms with Crippen LogP contribution in [0.4, 0.5) is 5.82 Å². The number of rotatable bonds is 19. The van der Waals surface area contributed by atoms with Crippen LogP contribution in [0, 0.1) is 40.4 Å². The Labute approximate surface area is 437 Å². The monoisotopic (exact) mass is 1040 g/mol. The van der Waals surface area contributed by atoms with Crippen molar-refractivity contribution in [2.45, 2.75) is 111 Å². The number of aromatic nitrogens is 2. The van der Waals surface area contributed by atoms with Crippen molar-refractivity contribution < 1.29 is 34.1 Å². The smallest absolute Gasteiger partial charge is 0.253 e. The number of aryl methyl sites for hydroxylation is 1. The summed E-state index contributed by atoms with van der Waals surface area (Å²) in [6, 6.07) is 15.4. The largest absolute Gasteiger partial charge is 0.489 e. The molecule has 2 aromatic carbocycles. The van der Waals surface area contributed by atoms with Crippen molar-refractivity contribution in [2.24, 2.45) is 22.2 Å². The number of nitrogens with one attached hydrogen (secondary N) is 5. The third-order valence-corrected chi connectivity index (χ3v) is 16.0. The number of aliphatic hydroxyl groups excluding tert-OH is 2. The van der Waals surface area contributed by atoms with Crippen molar-refractivity contribution in [2.75, 3.05) is 57.7 Å². The molecular weight excluding hydrogens is 968 g/mol. The predicted octanol–water partition coefficient (Wildman–Crippen LogP) is 5.71. The molecule has 2 aliphatic heterocycles. The number of ether oxygens (including phenoxy) is 1. The molecule has 0 bridgehead atoms. The van der Waals surface area contributed by atoms with Gasteiger partial charge in [-0.25, -0.2) is 9.97 Å². The van der Waals surface area contributed by atoms with Gasteiger partial charge < -0.3 is 46.4 Å². The van der Waals surface area contributed by atoms with E-state index in [9.17, 15) is 34.7 Å². The summed E-state index contributed by atoms with van der Waals surface area (Å²) in [7, 11) is 0. The van der Waals surface area contributed by atoms with Gasteiger partial charge >= 0.3 is 0 Å². The lowest BCUT2D eigenvalue weighted by Crippen LogP contribution is -2.74. The highest BCUT2D eigenvalue weighted by Gasteiger charge is 2.64. The van der Waals surface area contributed by atoms with Crippen LogP contribution in [0.15, 0.2) is 66.3 Å². The second-order valence-electron chi connectivity index (χ2n) is 22.0. The number of nitriles is 1. The van der Waals surface area contributed by atoms with Gasteiger partial charge in [-0.15, -0.1) is 11.3 Å². The van der Waals surface area contributed by atoms with Gasteiger partial charge in [0, 0.05) is 55.2 Å². The predicted molar refractivity (Wildman–Crippen MR) is 282 cm³/mol. The summed E-state index contributed by atoms with van der Waals surface area (Å²) >= 11 is 7.78. The van der Waals surface area contributed by atoms with Gasteiger partial charge in [-0.3, -0.25) is 24.1 Å². The van der Waals surface area contributed by atoms with E-state index >= 15 is 0 Å². The Hall–Kier alpha value is -5.68. The molecule has 392 valence electrons. The number of hydrogen-bond acceptors (Lipinski definition) is 14. The minimum absolute atomic E-state index is 0.0378. The number of halogens is 1. The van der Waals surface area contributed by atoms with E-state index in [1.807, 2.05) is 52.0 Å². The fourth-order valence-corrected chi connectivity index (χ4v) is 11.9. The van der Waals surface area contributed by atoms with Crippen LogP contribution in [-0.2, 0) is 14.4 Å². The molecule has 2 saturated heterocycles. The minimum Gasteiger partial charge on any atom is -0.489 e. The fourth-order valence-electron chi connectivity index (χ4n) is 10.9. The lowest BCUT2D eigenvalue weighted by Gasteiger charge is -2.63. The first-order valence-electron chi connectivity index (χ1n) is 25.1. The molecule has 4 heterocycles. The van der Waals surface area contributed by atoms with Gasteiger partial charge in [-0.2, -0.15) is 5.26 Å². The second-order valence-corrected chi connectivity index (χ2v) is 23.2. The molecule has 1 aliphatic carbocycles. The molecule has 73 heavy (non-hydrogen) atoms. The van der Waals surface area contributed by atoms with Crippen molar-refractivity contribution in [3.63, 3.8) is 0 Å². The number of aliphatic hydroxyl groups is 2. The standard InChI is InChI=1S/C54H71ClN10O7S/c1-32-45(73-31-60-32)35-11-9-34(10-12-35)41(30-66)61-48(70)42-23-38(67)28-65(42)49(71)46(52(2,3)4)62-44(68)29-64-21-17-33(18-22-64)26-57-19-20-58-43-16-14-37(27-59-43)47(69)63-50-53(5,6)51(54(50,7)8)72-39-15-13-36(25-56)40(55)24-39/h9-16,24,27,31,33,38,41-42,46,50-51,57,66-67H,17-23,26,28-30H2,1-8H3,(H,58,59)(H,61,70)(H,62,68)(H,63,69)/t38-,41+,42+,46-,50-,51-/m1/s1. The van der Waals surface area contributed by atoms with Gasteiger partial charge in [0.1, 0.15) is 35.8 Å². The number of β-amino-alcohol motifs (C(OH)–C–C–N with tert-alkyl or cyclic N) is 1. The molecule has 0 spiro atoms. The van der Waals surface area contributed by atoms with Crippen molar-refractivity contribution in [3.05, 3.63) is 93.7 Å². The highest BCUT2D eigenvalue weighted by atomic mass is 35.5. The molecule has 4 amide bonds. The molecule has 1 saturated carbocycles. The number of carbonyl (C=O) groups excluding carboxylic acids is 4. The first kappa shape index (κ1) is 55.1. The summed E-state index contributed by atoms with van der Waals surface area (Å²) < 4.78 is 6.36. The number of anilines is 1. The molecule has 7 N–H and O–H groups in total. The number of piperidine rings is 1. The summed E-state index contributed by atoms with van der Waals surface area (Å²) in [4.78, 5) is 68.3. The highest BCUT2D eigenvalue weighted by molar-refractivity contribution is 7.13. The Bertz CT molecular complexity index is 2610. The van der Waals surface area contributed by atoms with Gasteiger partial charge in [-0.1, -0.05) is 84.3 Å². The van der Waals surface area contributed by atoms with E-state index in [-0.39, 0.29) is 50.1 Å². The molecule has 7 rings (SSSR count). The molecule has 2 aromatic heterocycles. The maximum absolute atomic E-state index is 14.3. The summed E-state index contributed by atoms with van der Waals surface area (Å²) in [5.41, 5.74) is 3.75. The lowest BCUT2D eigenvalue weighted by molar-refractivity contribution is -0.164. The zero-order valence-corrected chi connectivity index (χ0v) is 44.7. The lowest BCUT2D eigenvalue weighted by atomic mass is 9.49. The first-order valence-corrected chi connectivity index (χ1v) is 26.4. The van der Waals surface area contributed by atoms with Crippen LogP contribution >= 0.6 is 22.9 Å². The van der Waals surface area contributed by atoms with E-state index in [0.29, 0.717) is 52.3 Å². The first-order chi connectivity index (χ1) is 34.6. The van der Waals surface area contributed by atoms with Gasteiger partial charge in [-0.05, 0) is 86.1 Å². The third-order valence-electron chi connectivity index (χ3n) is 14.7. The minimum atomic E-state index is -0.982. The van der Waals surface area contributed by atoms with Crippen molar-refractivity contribution >= 4 is 52.4 Å². The summed E-state index contributed by atoms with van der Waals surface area (Å²) in [6.07, 6.45) is 2.29. The summed E-state index contributed by atoms with van der Waals surface area (Å²) in [5.74, 6) is 0.246. The Balaban J connectivity index is 0.807. The molecular formula is C54H71ClN10O7S. The van der Waals surface area contributed by atoms with E-state index in [1.54, 1.807) is 42.0 Å². The van der Waals surface area contributed by atoms with E-state index in [4.69, 9.17) is 16.3 Å². The number of hydrogen-bond donors (Lipinski definition) is 7. The Morgan fingerprint density at radius 1 is 0.986 bits per heavy atom. The van der Waals surface area contributed by atoms with Gasteiger partial charge in [0.05, 0.1) is 57.5 Å². The Morgan fingerprint density at radius 2 is 1.70 bits per heavy atom. The number of pyridine rings is 1. The second kappa shape index (κ2) is 23.3. The number of amides is 4. The number of nitrogens with zero attached hydrogens (tertiary/aromatic N) is 5. The van der Waals surface area contributed by atoms with E-state index in [1.165, 1.54) is 16.2 Å². The van der Waals surface area contributed by atoms with Crippen LogP contribution in [0.5, 0.6) is 5.75 Å². The van der Waals surface area contributed by atoms with Crippen molar-refractivity contribution in [1.29, 1.82) is 5.26 Å². The van der Waals surface area contributed by atoms with Crippen LogP contribution in [0.2, 0.25) is 5.02 Å². The van der Waals surface area contributed by atoms with Gasteiger partial charge in [0.2, 0.25) is 17.7 Å². The average molecular weight is 1040 g/mol. The zero-order valence-electron chi connectivity index (χ0n) is 43.1. The maximum atomic E-state index is 14.3. The van der Waals surface area contributed by atoms with Crippen molar-refractivity contribution in [3.8, 4) is 22.3 Å². The van der Waals surface area contributed by atoms with Gasteiger partial charge in [0.25, 0.3) is 5.91 Å². The molecule has 17 nitrogen and oxygen atoms in total. The van der Waals surface area contributed by atoms with E-state index in [0.717, 1.165) is 48.6 Å². The molecule has 19 heteroatoms. The molecule has 0 radical (unpaired) electrons. The molecule has 4 atom stereocenters. The van der Waals surface area contributed by atoms with Crippen LogP contribution in [0.25, 0.3) is 10.4 Å².